The van der Waals surface area contributed by atoms with Crippen molar-refractivity contribution in [2.24, 2.45) is 0 Å². The summed E-state index contributed by atoms with van der Waals surface area (Å²) in [5, 5.41) is 11.6. The Bertz CT molecular complexity index is 3810. The molecule has 0 spiro atoms. The van der Waals surface area contributed by atoms with Gasteiger partial charge in [-0.3, -0.25) is 0 Å². The maximum absolute atomic E-state index is 6.47. The molecule has 9 aromatic carbocycles. The molecule has 13 aromatic rings. The SMILES string of the molecule is c1ccc(-c2nc(-c3cc4ccccc4c4ccccc34)nc(-c3cc(-n4c5ccccc5c5ccccc54)cc4c3sc3ccc5oc6ccccc6c5c34)n2)cc1. The van der Waals surface area contributed by atoms with E-state index in [1.54, 1.807) is 11.3 Å². The molecule has 0 aliphatic carbocycles. The predicted octanol–water partition coefficient (Wildman–Crippen LogP) is 14.5. The number of hydrogen-bond acceptors (Lipinski definition) is 5. The van der Waals surface area contributed by atoms with Gasteiger partial charge in [0.1, 0.15) is 11.2 Å². The number of rotatable bonds is 4. The molecule has 0 amide bonds. The first-order valence-corrected chi connectivity index (χ1v) is 20.6. The Morgan fingerprint density at radius 2 is 1.02 bits per heavy atom. The van der Waals surface area contributed by atoms with Crippen molar-refractivity contribution in [3.63, 3.8) is 0 Å². The Hall–Kier alpha value is -7.67. The molecule has 6 heteroatoms. The molecule has 13 rings (SSSR count). The van der Waals surface area contributed by atoms with Crippen LogP contribution in [0.2, 0.25) is 0 Å². The molecule has 0 radical (unpaired) electrons. The van der Waals surface area contributed by atoms with Crippen LogP contribution in [0.5, 0.6) is 0 Å². The third-order valence-electron chi connectivity index (χ3n) is 11.8. The van der Waals surface area contributed by atoms with Crippen molar-refractivity contribution in [1.82, 2.24) is 19.5 Å². The zero-order chi connectivity index (χ0) is 38.6. The highest BCUT2D eigenvalue weighted by atomic mass is 32.1. The van der Waals surface area contributed by atoms with Gasteiger partial charge in [-0.05, 0) is 70.1 Å². The largest absolute Gasteiger partial charge is 0.456 e. The van der Waals surface area contributed by atoms with Crippen LogP contribution in [0, 0.1) is 0 Å². The summed E-state index contributed by atoms with van der Waals surface area (Å²) in [5.41, 5.74) is 7.92. The highest BCUT2D eigenvalue weighted by Crippen LogP contribution is 2.47. The van der Waals surface area contributed by atoms with Gasteiger partial charge < -0.3 is 8.98 Å². The van der Waals surface area contributed by atoms with Gasteiger partial charge >= 0.3 is 0 Å². The predicted molar refractivity (Wildman–Crippen MR) is 246 cm³/mol. The van der Waals surface area contributed by atoms with Crippen molar-refractivity contribution < 1.29 is 4.42 Å². The average Bonchev–Trinajstić information content (AvgIpc) is 3.98. The van der Waals surface area contributed by atoms with Crippen molar-refractivity contribution >= 4 is 96.8 Å². The Morgan fingerprint density at radius 1 is 0.407 bits per heavy atom. The molecule has 4 aromatic heterocycles. The highest BCUT2D eigenvalue weighted by Gasteiger charge is 2.23. The summed E-state index contributed by atoms with van der Waals surface area (Å²) in [4.78, 5) is 16.1. The molecular weight excluding hydrogens is 741 g/mol. The third kappa shape index (κ3) is 4.81. The summed E-state index contributed by atoms with van der Waals surface area (Å²) in [6.45, 7) is 0. The highest BCUT2D eigenvalue weighted by molar-refractivity contribution is 7.26. The minimum absolute atomic E-state index is 0.624. The normalized spacial score (nSPS) is 12.1. The molecule has 0 bridgehead atoms. The molecule has 0 saturated carbocycles. The van der Waals surface area contributed by atoms with E-state index in [0.717, 1.165) is 76.2 Å². The van der Waals surface area contributed by atoms with Crippen LogP contribution < -0.4 is 0 Å². The van der Waals surface area contributed by atoms with Crippen molar-refractivity contribution in [3.8, 4) is 39.9 Å². The van der Waals surface area contributed by atoms with E-state index in [4.69, 9.17) is 19.4 Å². The van der Waals surface area contributed by atoms with Crippen LogP contribution in [0.15, 0.2) is 186 Å². The van der Waals surface area contributed by atoms with Gasteiger partial charge in [0.05, 0.1) is 11.0 Å². The molecule has 0 atom stereocenters. The first kappa shape index (κ1) is 32.4. The number of aromatic nitrogens is 4. The summed E-state index contributed by atoms with van der Waals surface area (Å²) in [6.07, 6.45) is 0. The van der Waals surface area contributed by atoms with Crippen LogP contribution in [0.3, 0.4) is 0 Å². The Kier molecular flexibility index (Phi) is 6.82. The van der Waals surface area contributed by atoms with Crippen molar-refractivity contribution in [1.29, 1.82) is 0 Å². The lowest BCUT2D eigenvalue weighted by Crippen LogP contribution is -2.02. The standard InChI is InChI=1S/C53H30N4OS/c1-2-14-31(15-3-1)51-54-52(40-28-32-16-4-5-17-34(32)35-18-6-7-19-36(35)40)56-53(55-51)42-30-33(57-43-23-11-8-20-37(43)38-21-9-12-24-44(38)57)29-41-49-47(59-50(41)42)27-26-46-48(49)39-22-10-13-25-45(39)58-46/h1-30H. The van der Waals surface area contributed by atoms with E-state index in [-0.39, 0.29) is 0 Å². The lowest BCUT2D eigenvalue weighted by atomic mass is 9.97. The van der Waals surface area contributed by atoms with E-state index in [1.165, 1.54) is 31.6 Å². The maximum atomic E-state index is 6.47. The molecule has 274 valence electrons. The number of furan rings is 1. The number of thiophene rings is 1. The van der Waals surface area contributed by atoms with Crippen LogP contribution in [0.1, 0.15) is 0 Å². The van der Waals surface area contributed by atoms with Gasteiger partial charge in [-0.25, -0.2) is 15.0 Å². The van der Waals surface area contributed by atoms with Crippen LogP contribution in [-0.4, -0.2) is 19.5 Å². The van der Waals surface area contributed by atoms with Crippen LogP contribution in [0.25, 0.3) is 125 Å². The number of para-hydroxylation sites is 3. The quantitative estimate of drug-likeness (QED) is 0.167. The van der Waals surface area contributed by atoms with E-state index in [0.29, 0.717) is 17.5 Å². The lowest BCUT2D eigenvalue weighted by molar-refractivity contribution is 0.669. The Morgan fingerprint density at radius 3 is 1.80 bits per heavy atom. The van der Waals surface area contributed by atoms with E-state index in [2.05, 4.69) is 162 Å². The summed E-state index contributed by atoms with van der Waals surface area (Å²) < 4.78 is 11.2. The second kappa shape index (κ2) is 12.4. The topological polar surface area (TPSA) is 56.7 Å². The van der Waals surface area contributed by atoms with E-state index >= 15 is 0 Å². The zero-order valence-corrected chi connectivity index (χ0v) is 32.2. The monoisotopic (exact) mass is 770 g/mol. The molecule has 4 heterocycles. The molecule has 0 saturated heterocycles. The summed E-state index contributed by atoms with van der Waals surface area (Å²) >= 11 is 1.78. The first-order chi connectivity index (χ1) is 29.2. The fourth-order valence-corrected chi connectivity index (χ4v) is 10.4. The fourth-order valence-electron chi connectivity index (χ4n) is 9.24. The molecule has 0 unspecified atom stereocenters. The van der Waals surface area contributed by atoms with E-state index < -0.39 is 0 Å². The number of nitrogens with zero attached hydrogens (tertiary/aromatic N) is 4. The summed E-state index contributed by atoms with van der Waals surface area (Å²) in [7, 11) is 0. The Labute approximate surface area is 341 Å². The van der Waals surface area contributed by atoms with Crippen molar-refractivity contribution in [2.75, 3.05) is 0 Å². The lowest BCUT2D eigenvalue weighted by Gasteiger charge is -2.14. The second-order valence-electron chi connectivity index (χ2n) is 15.1. The van der Waals surface area contributed by atoms with Crippen LogP contribution in [-0.2, 0) is 0 Å². The van der Waals surface area contributed by atoms with Crippen LogP contribution >= 0.6 is 11.3 Å². The molecule has 0 fully saturated rings. The van der Waals surface area contributed by atoms with Gasteiger partial charge in [0, 0.05) is 64.1 Å². The van der Waals surface area contributed by atoms with Crippen LogP contribution in [0.4, 0.5) is 0 Å². The minimum atomic E-state index is 0.624. The number of fused-ring (bicyclic) bond motifs is 13. The number of hydrogen-bond donors (Lipinski definition) is 0. The number of benzene rings is 9. The minimum Gasteiger partial charge on any atom is -0.456 e. The van der Waals surface area contributed by atoms with Gasteiger partial charge in [0.2, 0.25) is 0 Å². The fraction of sp³-hybridized carbons (Fsp3) is 0. The van der Waals surface area contributed by atoms with Crippen molar-refractivity contribution in [3.05, 3.63) is 182 Å². The molecular formula is C53H30N4OS. The zero-order valence-electron chi connectivity index (χ0n) is 31.4. The molecule has 0 aliphatic heterocycles. The van der Waals surface area contributed by atoms with Gasteiger partial charge in [0.25, 0.3) is 0 Å². The second-order valence-corrected chi connectivity index (χ2v) is 16.2. The maximum Gasteiger partial charge on any atom is 0.165 e. The molecule has 0 N–H and O–H groups in total. The van der Waals surface area contributed by atoms with Gasteiger partial charge in [-0.2, -0.15) is 0 Å². The third-order valence-corrected chi connectivity index (χ3v) is 13.0. The Balaban J connectivity index is 1.18. The molecule has 5 nitrogen and oxygen atoms in total. The average molecular weight is 771 g/mol. The van der Waals surface area contributed by atoms with Gasteiger partial charge in [0.15, 0.2) is 17.5 Å². The first-order valence-electron chi connectivity index (χ1n) is 19.8. The van der Waals surface area contributed by atoms with Gasteiger partial charge in [-0.15, -0.1) is 11.3 Å². The summed E-state index contributed by atoms with van der Waals surface area (Å²) in [5.74, 6) is 1.89. The van der Waals surface area contributed by atoms with Gasteiger partial charge in [-0.1, -0.05) is 133 Å². The van der Waals surface area contributed by atoms with Crippen molar-refractivity contribution in [2.45, 2.75) is 0 Å². The summed E-state index contributed by atoms with van der Waals surface area (Å²) in [6, 6.07) is 64.2. The molecule has 59 heavy (non-hydrogen) atoms. The molecule has 0 aliphatic rings. The van der Waals surface area contributed by atoms with E-state index in [1.807, 2.05) is 24.3 Å². The smallest absolute Gasteiger partial charge is 0.165 e. The van der Waals surface area contributed by atoms with E-state index in [9.17, 15) is 0 Å².